The van der Waals surface area contributed by atoms with E-state index >= 15 is 0 Å². The minimum atomic E-state index is -0.169. The normalized spacial score (nSPS) is 11.1. The molecule has 3 aromatic rings. The van der Waals surface area contributed by atoms with Gasteiger partial charge in [-0.25, -0.2) is 0 Å². The van der Waals surface area contributed by atoms with Crippen LogP contribution in [0.15, 0.2) is 72.8 Å². The first-order valence-corrected chi connectivity index (χ1v) is 9.52. The molecule has 3 heteroatoms. The third kappa shape index (κ3) is 4.61. The molecule has 0 radical (unpaired) electrons. The van der Waals surface area contributed by atoms with Crippen LogP contribution in [0.25, 0.3) is 0 Å². The molecule has 0 aliphatic rings. The summed E-state index contributed by atoms with van der Waals surface area (Å²) in [6.07, 6.45) is 0. The second-order valence-electron chi connectivity index (χ2n) is 7.65. The minimum absolute atomic E-state index is 0.0195. The van der Waals surface area contributed by atoms with Gasteiger partial charge in [-0.2, -0.15) is 0 Å². The predicted octanol–water partition coefficient (Wildman–Crippen LogP) is 5.65. The Morgan fingerprint density at radius 2 is 1.50 bits per heavy atom. The second kappa shape index (κ2) is 8.30. The summed E-state index contributed by atoms with van der Waals surface area (Å²) in [6.45, 7) is 8.46. The molecule has 0 aromatic heterocycles. The van der Waals surface area contributed by atoms with Crippen LogP contribution < -0.4 is 10.1 Å². The van der Waals surface area contributed by atoms with Crippen molar-refractivity contribution < 1.29 is 9.53 Å². The van der Waals surface area contributed by atoms with Gasteiger partial charge in [-0.3, -0.25) is 4.79 Å². The van der Waals surface area contributed by atoms with E-state index in [4.69, 9.17) is 4.74 Å². The third-order valence-electron chi connectivity index (χ3n) is 5.23. The Hall–Kier alpha value is -3.07. The summed E-state index contributed by atoms with van der Waals surface area (Å²) in [4.78, 5) is 12.2. The highest BCUT2D eigenvalue weighted by molar-refractivity contribution is 5.92. The van der Waals surface area contributed by atoms with Crippen LogP contribution in [0, 0.1) is 13.8 Å². The molecule has 144 valence electrons. The Morgan fingerprint density at radius 3 is 2.14 bits per heavy atom. The van der Waals surface area contributed by atoms with Crippen molar-refractivity contribution in [1.82, 2.24) is 0 Å². The van der Waals surface area contributed by atoms with E-state index in [2.05, 4.69) is 55.6 Å². The molecule has 0 fully saturated rings. The maximum atomic E-state index is 12.2. The highest BCUT2D eigenvalue weighted by Gasteiger charge is 2.22. The van der Waals surface area contributed by atoms with Gasteiger partial charge in [0.05, 0.1) is 0 Å². The summed E-state index contributed by atoms with van der Waals surface area (Å²) in [5.41, 5.74) is 5.50. The lowest BCUT2D eigenvalue weighted by atomic mass is 9.78. The standard InChI is InChI=1S/C25H27NO2/c1-18-10-13-22(16-19(18)2)26-24(27)17-28-23-14-11-21(12-15-23)25(3,4)20-8-6-5-7-9-20/h5-16H,17H2,1-4H3,(H,26,27). The Labute approximate surface area is 167 Å². The molecular weight excluding hydrogens is 346 g/mol. The molecular formula is C25H27NO2. The van der Waals surface area contributed by atoms with E-state index in [-0.39, 0.29) is 17.9 Å². The molecule has 0 bridgehead atoms. The molecule has 0 saturated heterocycles. The number of ether oxygens (including phenoxy) is 1. The lowest BCUT2D eigenvalue weighted by Crippen LogP contribution is -2.20. The Morgan fingerprint density at radius 1 is 0.857 bits per heavy atom. The summed E-state index contributed by atoms with van der Waals surface area (Å²) in [5, 5.41) is 2.87. The first kappa shape index (κ1) is 19.7. The second-order valence-corrected chi connectivity index (χ2v) is 7.65. The molecule has 28 heavy (non-hydrogen) atoms. The number of carbonyl (C=O) groups is 1. The van der Waals surface area contributed by atoms with E-state index in [1.165, 1.54) is 16.7 Å². The number of amides is 1. The van der Waals surface area contributed by atoms with Crippen LogP contribution in [0.1, 0.15) is 36.1 Å². The quantitative estimate of drug-likeness (QED) is 0.606. The van der Waals surface area contributed by atoms with E-state index in [9.17, 15) is 4.79 Å². The van der Waals surface area contributed by atoms with Crippen molar-refractivity contribution in [2.75, 3.05) is 11.9 Å². The number of hydrogen-bond donors (Lipinski definition) is 1. The van der Waals surface area contributed by atoms with Crippen molar-refractivity contribution in [2.45, 2.75) is 33.1 Å². The van der Waals surface area contributed by atoms with E-state index in [1.807, 2.05) is 50.2 Å². The molecule has 0 heterocycles. The highest BCUT2D eigenvalue weighted by atomic mass is 16.5. The number of aryl methyl sites for hydroxylation is 2. The van der Waals surface area contributed by atoms with Crippen molar-refractivity contribution in [3.63, 3.8) is 0 Å². The van der Waals surface area contributed by atoms with E-state index in [1.54, 1.807) is 0 Å². The van der Waals surface area contributed by atoms with Gasteiger partial charge in [0.2, 0.25) is 0 Å². The monoisotopic (exact) mass is 373 g/mol. The maximum Gasteiger partial charge on any atom is 0.262 e. The molecule has 1 amide bonds. The number of hydrogen-bond acceptors (Lipinski definition) is 2. The minimum Gasteiger partial charge on any atom is -0.484 e. The van der Waals surface area contributed by atoms with Crippen molar-refractivity contribution >= 4 is 11.6 Å². The Kier molecular flexibility index (Phi) is 5.84. The van der Waals surface area contributed by atoms with Gasteiger partial charge in [0.1, 0.15) is 5.75 Å². The molecule has 3 rings (SSSR count). The van der Waals surface area contributed by atoms with Gasteiger partial charge in [0.15, 0.2) is 6.61 Å². The number of rotatable bonds is 6. The van der Waals surface area contributed by atoms with Crippen LogP contribution in [0.2, 0.25) is 0 Å². The van der Waals surface area contributed by atoms with Gasteiger partial charge >= 0.3 is 0 Å². The lowest BCUT2D eigenvalue weighted by molar-refractivity contribution is -0.118. The fourth-order valence-corrected chi connectivity index (χ4v) is 3.15. The SMILES string of the molecule is Cc1ccc(NC(=O)COc2ccc(C(C)(C)c3ccccc3)cc2)cc1C. The van der Waals surface area contributed by atoms with Crippen LogP contribution in [-0.4, -0.2) is 12.5 Å². The summed E-state index contributed by atoms with van der Waals surface area (Å²) in [7, 11) is 0. The van der Waals surface area contributed by atoms with Gasteiger partial charge < -0.3 is 10.1 Å². The summed E-state index contributed by atoms with van der Waals surface area (Å²) >= 11 is 0. The van der Waals surface area contributed by atoms with Crippen LogP contribution in [0.5, 0.6) is 5.75 Å². The summed E-state index contributed by atoms with van der Waals surface area (Å²) in [5.74, 6) is 0.514. The van der Waals surface area contributed by atoms with Crippen molar-refractivity contribution in [3.8, 4) is 5.75 Å². The van der Waals surface area contributed by atoms with Gasteiger partial charge in [-0.05, 0) is 60.4 Å². The summed E-state index contributed by atoms with van der Waals surface area (Å²) < 4.78 is 5.66. The lowest BCUT2D eigenvalue weighted by Gasteiger charge is -2.26. The van der Waals surface area contributed by atoms with E-state index < -0.39 is 0 Å². The van der Waals surface area contributed by atoms with Crippen molar-refractivity contribution in [1.29, 1.82) is 0 Å². The van der Waals surface area contributed by atoms with Gasteiger partial charge in [-0.1, -0.05) is 62.4 Å². The molecule has 3 aromatic carbocycles. The van der Waals surface area contributed by atoms with E-state index in [0.29, 0.717) is 5.75 Å². The number of nitrogens with one attached hydrogen (secondary N) is 1. The first-order chi connectivity index (χ1) is 13.4. The van der Waals surface area contributed by atoms with Gasteiger partial charge in [-0.15, -0.1) is 0 Å². The smallest absolute Gasteiger partial charge is 0.262 e. The topological polar surface area (TPSA) is 38.3 Å². The fraction of sp³-hybridized carbons (Fsp3) is 0.240. The molecule has 0 saturated carbocycles. The number of carbonyl (C=O) groups excluding carboxylic acids is 1. The van der Waals surface area contributed by atoms with Gasteiger partial charge in [0, 0.05) is 11.1 Å². The fourth-order valence-electron chi connectivity index (χ4n) is 3.15. The maximum absolute atomic E-state index is 12.2. The molecule has 0 aliphatic carbocycles. The number of anilines is 1. The van der Waals surface area contributed by atoms with Crippen LogP contribution in [0.3, 0.4) is 0 Å². The van der Waals surface area contributed by atoms with E-state index in [0.717, 1.165) is 11.3 Å². The highest BCUT2D eigenvalue weighted by Crippen LogP contribution is 2.32. The Bertz CT molecular complexity index is 944. The third-order valence-corrected chi connectivity index (χ3v) is 5.23. The predicted molar refractivity (Wildman–Crippen MR) is 115 cm³/mol. The Balaban J connectivity index is 1.60. The van der Waals surface area contributed by atoms with Gasteiger partial charge in [0.25, 0.3) is 5.91 Å². The van der Waals surface area contributed by atoms with Crippen molar-refractivity contribution in [2.24, 2.45) is 0 Å². The van der Waals surface area contributed by atoms with Crippen LogP contribution >= 0.6 is 0 Å². The molecule has 3 nitrogen and oxygen atoms in total. The molecule has 0 atom stereocenters. The summed E-state index contributed by atoms with van der Waals surface area (Å²) in [6, 6.07) is 24.3. The zero-order valence-corrected chi connectivity index (χ0v) is 17.0. The molecule has 1 N–H and O–H groups in total. The zero-order valence-electron chi connectivity index (χ0n) is 17.0. The average molecular weight is 373 g/mol. The molecule has 0 aliphatic heterocycles. The first-order valence-electron chi connectivity index (χ1n) is 9.52. The molecule has 0 unspecified atom stereocenters. The largest absolute Gasteiger partial charge is 0.484 e. The van der Waals surface area contributed by atoms with Crippen LogP contribution in [-0.2, 0) is 10.2 Å². The van der Waals surface area contributed by atoms with Crippen LogP contribution in [0.4, 0.5) is 5.69 Å². The molecule has 0 spiro atoms. The number of benzene rings is 3. The average Bonchev–Trinajstić information content (AvgIpc) is 2.70. The van der Waals surface area contributed by atoms with Crippen molar-refractivity contribution in [3.05, 3.63) is 95.1 Å². The zero-order chi connectivity index (χ0) is 20.1.